The molecule has 0 radical (unpaired) electrons. The maximum absolute atomic E-state index is 13.9. The van der Waals surface area contributed by atoms with Gasteiger partial charge in [0.25, 0.3) is 5.91 Å². The SMILES string of the molecule is COc1ccc(CN(Cc2cccc(F)c2)Cc2ccc(C(=O)Nc3ccc(C)c(C)c3)o2)cc1OC. The Bertz CT molecular complexity index is 1380. The first-order valence-corrected chi connectivity index (χ1v) is 12.0. The van der Waals surface area contributed by atoms with Gasteiger partial charge in [-0.3, -0.25) is 9.69 Å². The van der Waals surface area contributed by atoms with Gasteiger partial charge in [0.1, 0.15) is 11.6 Å². The molecule has 3 aromatic carbocycles. The van der Waals surface area contributed by atoms with Crippen molar-refractivity contribution in [2.45, 2.75) is 33.5 Å². The Labute approximate surface area is 216 Å². The number of ether oxygens (including phenoxy) is 2. The predicted molar refractivity (Wildman–Crippen MR) is 141 cm³/mol. The number of carbonyl (C=O) groups is 1. The highest BCUT2D eigenvalue weighted by Crippen LogP contribution is 2.29. The van der Waals surface area contributed by atoms with Gasteiger partial charge in [-0.05, 0) is 84.6 Å². The van der Waals surface area contributed by atoms with Crippen molar-refractivity contribution in [3.8, 4) is 11.5 Å². The van der Waals surface area contributed by atoms with E-state index >= 15 is 0 Å². The molecule has 0 aliphatic heterocycles. The van der Waals surface area contributed by atoms with Gasteiger partial charge < -0.3 is 19.2 Å². The number of anilines is 1. The van der Waals surface area contributed by atoms with E-state index in [1.807, 2.05) is 56.3 Å². The summed E-state index contributed by atoms with van der Waals surface area (Å²) in [4.78, 5) is 14.9. The van der Waals surface area contributed by atoms with E-state index in [1.54, 1.807) is 32.4 Å². The van der Waals surface area contributed by atoms with E-state index in [0.717, 1.165) is 22.3 Å². The molecular weight excluding hydrogens is 471 g/mol. The molecule has 192 valence electrons. The molecule has 1 aromatic heterocycles. The number of furan rings is 1. The Morgan fingerprint density at radius 3 is 2.30 bits per heavy atom. The first kappa shape index (κ1) is 26.0. The molecule has 0 saturated heterocycles. The number of methoxy groups -OCH3 is 2. The minimum atomic E-state index is -0.314. The molecule has 0 saturated carbocycles. The molecule has 37 heavy (non-hydrogen) atoms. The Morgan fingerprint density at radius 1 is 0.838 bits per heavy atom. The monoisotopic (exact) mass is 502 g/mol. The topological polar surface area (TPSA) is 63.9 Å². The van der Waals surface area contributed by atoms with Crippen LogP contribution in [0.25, 0.3) is 0 Å². The van der Waals surface area contributed by atoms with Crippen molar-refractivity contribution in [3.05, 3.63) is 112 Å². The number of aryl methyl sites for hydroxylation is 2. The molecule has 0 bridgehead atoms. The highest BCUT2D eigenvalue weighted by molar-refractivity contribution is 6.02. The summed E-state index contributed by atoms with van der Waals surface area (Å²) >= 11 is 0. The number of nitrogens with one attached hydrogen (secondary N) is 1. The summed E-state index contributed by atoms with van der Waals surface area (Å²) < 4.78 is 30.6. The van der Waals surface area contributed by atoms with Crippen LogP contribution in [0.5, 0.6) is 11.5 Å². The first-order chi connectivity index (χ1) is 17.8. The minimum absolute atomic E-state index is 0.227. The molecule has 6 nitrogen and oxygen atoms in total. The highest BCUT2D eigenvalue weighted by atomic mass is 19.1. The van der Waals surface area contributed by atoms with Gasteiger partial charge in [-0.15, -0.1) is 0 Å². The van der Waals surface area contributed by atoms with Crippen molar-refractivity contribution < 1.29 is 23.1 Å². The molecule has 0 atom stereocenters. The van der Waals surface area contributed by atoms with Crippen molar-refractivity contribution in [3.63, 3.8) is 0 Å². The Balaban J connectivity index is 1.52. The summed E-state index contributed by atoms with van der Waals surface area (Å²) in [6.07, 6.45) is 0. The fourth-order valence-electron chi connectivity index (χ4n) is 4.12. The molecule has 1 N–H and O–H groups in total. The quantitative estimate of drug-likeness (QED) is 0.268. The maximum atomic E-state index is 13.9. The van der Waals surface area contributed by atoms with Crippen molar-refractivity contribution >= 4 is 11.6 Å². The van der Waals surface area contributed by atoms with Crippen LogP contribution in [0.3, 0.4) is 0 Å². The second-order valence-electron chi connectivity index (χ2n) is 8.98. The summed E-state index contributed by atoms with van der Waals surface area (Å²) in [5.41, 5.74) is 4.80. The third-order valence-electron chi connectivity index (χ3n) is 6.18. The van der Waals surface area contributed by atoms with E-state index in [2.05, 4.69) is 10.2 Å². The first-order valence-electron chi connectivity index (χ1n) is 12.0. The van der Waals surface area contributed by atoms with Crippen molar-refractivity contribution in [1.29, 1.82) is 0 Å². The average molecular weight is 503 g/mol. The van der Waals surface area contributed by atoms with Crippen LogP contribution in [0.15, 0.2) is 77.2 Å². The van der Waals surface area contributed by atoms with Gasteiger partial charge in [0, 0.05) is 18.8 Å². The van der Waals surface area contributed by atoms with Crippen molar-refractivity contribution in [2.24, 2.45) is 0 Å². The van der Waals surface area contributed by atoms with Crippen molar-refractivity contribution in [2.75, 3.05) is 19.5 Å². The summed E-state index contributed by atoms with van der Waals surface area (Å²) in [6, 6.07) is 21.5. The van der Waals surface area contributed by atoms with E-state index < -0.39 is 0 Å². The lowest BCUT2D eigenvalue weighted by Crippen LogP contribution is -2.22. The number of halogens is 1. The summed E-state index contributed by atoms with van der Waals surface area (Å²) in [5, 5.41) is 2.89. The molecule has 0 unspecified atom stereocenters. The van der Waals surface area contributed by atoms with Crippen LogP contribution in [-0.2, 0) is 19.6 Å². The van der Waals surface area contributed by atoms with Gasteiger partial charge in [-0.1, -0.05) is 24.3 Å². The number of nitrogens with zero attached hydrogens (tertiary/aromatic N) is 1. The molecule has 0 spiro atoms. The summed E-state index contributed by atoms with van der Waals surface area (Å²) in [7, 11) is 3.19. The molecule has 4 aromatic rings. The van der Waals surface area contributed by atoms with Gasteiger partial charge in [0.05, 0.1) is 20.8 Å². The van der Waals surface area contributed by atoms with Crippen LogP contribution in [-0.4, -0.2) is 25.0 Å². The second-order valence-corrected chi connectivity index (χ2v) is 8.98. The Kier molecular flexibility index (Phi) is 8.25. The zero-order valence-corrected chi connectivity index (χ0v) is 21.5. The fourth-order valence-corrected chi connectivity index (χ4v) is 4.12. The van der Waals surface area contributed by atoms with Crippen LogP contribution < -0.4 is 14.8 Å². The highest BCUT2D eigenvalue weighted by Gasteiger charge is 2.16. The standard InChI is InChI=1S/C30H31FN2O4/c1-20-8-10-25(14-21(20)2)32-30(34)28-13-11-26(37-28)19-33(17-22-6-5-7-24(31)15-22)18-23-9-12-27(35-3)29(16-23)36-4/h5-16H,17-19H2,1-4H3,(H,32,34). The van der Waals surface area contributed by atoms with E-state index in [-0.39, 0.29) is 17.5 Å². The fraction of sp³-hybridized carbons (Fsp3) is 0.233. The summed E-state index contributed by atoms with van der Waals surface area (Å²) in [5.74, 6) is 1.53. The molecule has 0 aliphatic carbocycles. The van der Waals surface area contributed by atoms with Crippen LogP contribution in [0, 0.1) is 19.7 Å². The van der Waals surface area contributed by atoms with Gasteiger partial charge in [0.2, 0.25) is 0 Å². The molecular formula is C30H31FN2O4. The van der Waals surface area contributed by atoms with Crippen LogP contribution in [0.1, 0.15) is 38.6 Å². The molecule has 0 aliphatic rings. The zero-order valence-electron chi connectivity index (χ0n) is 21.5. The van der Waals surface area contributed by atoms with Gasteiger partial charge in [0.15, 0.2) is 17.3 Å². The lowest BCUT2D eigenvalue weighted by atomic mass is 10.1. The van der Waals surface area contributed by atoms with Crippen LogP contribution >= 0.6 is 0 Å². The summed E-state index contributed by atoms with van der Waals surface area (Å²) in [6.45, 7) is 5.47. The number of benzene rings is 3. The third kappa shape index (κ3) is 6.77. The Hall–Kier alpha value is -4.10. The Morgan fingerprint density at radius 2 is 1.59 bits per heavy atom. The van der Waals surface area contributed by atoms with E-state index in [1.165, 1.54) is 12.1 Å². The van der Waals surface area contributed by atoms with E-state index in [4.69, 9.17) is 13.9 Å². The van der Waals surface area contributed by atoms with Crippen LogP contribution in [0.4, 0.5) is 10.1 Å². The van der Waals surface area contributed by atoms with Gasteiger partial charge in [-0.2, -0.15) is 0 Å². The molecule has 0 fully saturated rings. The number of rotatable bonds is 10. The lowest BCUT2D eigenvalue weighted by molar-refractivity contribution is 0.0992. The molecule has 4 rings (SSSR count). The molecule has 1 heterocycles. The van der Waals surface area contributed by atoms with Crippen LogP contribution in [0.2, 0.25) is 0 Å². The number of carbonyl (C=O) groups excluding carboxylic acids is 1. The minimum Gasteiger partial charge on any atom is -0.493 e. The molecule has 1 amide bonds. The number of amides is 1. The van der Waals surface area contributed by atoms with Gasteiger partial charge >= 0.3 is 0 Å². The average Bonchev–Trinajstić information content (AvgIpc) is 3.35. The lowest BCUT2D eigenvalue weighted by Gasteiger charge is -2.22. The number of hydrogen-bond acceptors (Lipinski definition) is 5. The molecule has 7 heteroatoms. The van der Waals surface area contributed by atoms with Crippen molar-refractivity contribution in [1.82, 2.24) is 4.90 Å². The normalized spacial score (nSPS) is 11.0. The maximum Gasteiger partial charge on any atom is 0.291 e. The third-order valence-corrected chi connectivity index (χ3v) is 6.18. The smallest absolute Gasteiger partial charge is 0.291 e. The largest absolute Gasteiger partial charge is 0.493 e. The predicted octanol–water partition coefficient (Wildman–Crippen LogP) is 6.51. The van der Waals surface area contributed by atoms with E-state index in [9.17, 15) is 9.18 Å². The van der Waals surface area contributed by atoms with Gasteiger partial charge in [-0.25, -0.2) is 4.39 Å². The zero-order chi connectivity index (χ0) is 26.4. The van der Waals surface area contributed by atoms with E-state index in [0.29, 0.717) is 42.6 Å². The number of hydrogen-bond donors (Lipinski definition) is 1. The second kappa shape index (κ2) is 11.8.